The highest BCUT2D eigenvalue weighted by atomic mass is 35.5. The van der Waals surface area contributed by atoms with E-state index < -0.39 is 38.2 Å². The second-order valence-electron chi connectivity index (χ2n) is 7.68. The average molecular weight is 560 g/mol. The first-order chi connectivity index (χ1) is 18.1. The Morgan fingerprint density at radius 1 is 1.00 bits per heavy atom. The predicted octanol–water partition coefficient (Wildman–Crippen LogP) is 6.33. The lowest BCUT2D eigenvalue weighted by Crippen LogP contribution is -2.27. The van der Waals surface area contributed by atoms with Gasteiger partial charge in [-0.25, -0.2) is 4.39 Å². The average Bonchev–Trinajstić information content (AvgIpc) is 3.13. The second-order valence-corrected chi connectivity index (χ2v) is 9.08. The first-order valence-electron chi connectivity index (χ1n) is 10.6. The van der Waals surface area contributed by atoms with Crippen LogP contribution in [0, 0.1) is 26.0 Å². The number of imide groups is 1. The molecule has 0 atom stereocenters. The molecule has 4 rings (SSSR count). The van der Waals surface area contributed by atoms with Crippen molar-refractivity contribution < 1.29 is 33.3 Å². The summed E-state index contributed by atoms with van der Waals surface area (Å²) in [5.74, 6) is -1.14. The van der Waals surface area contributed by atoms with E-state index in [1.54, 1.807) is 0 Å². The SMILES string of the molecule is COc1cc(/C=C2/SC(=O)N(Cc3ccc(F)cc3Cl)C2=O)ccc1Oc1ccc([N+](=O)[O-])cc1[N+](=O)[O-]. The van der Waals surface area contributed by atoms with E-state index in [9.17, 15) is 34.2 Å². The number of nitro benzene ring substituents is 2. The molecule has 2 amide bonds. The van der Waals surface area contributed by atoms with E-state index in [-0.39, 0.29) is 33.7 Å². The smallest absolute Gasteiger partial charge is 0.318 e. The van der Waals surface area contributed by atoms with E-state index >= 15 is 0 Å². The fraction of sp³-hybridized carbons (Fsp3) is 0.0833. The van der Waals surface area contributed by atoms with Gasteiger partial charge in [0.1, 0.15) is 5.82 Å². The number of rotatable bonds is 8. The molecule has 3 aromatic carbocycles. The number of amides is 2. The van der Waals surface area contributed by atoms with E-state index in [1.807, 2.05) is 0 Å². The molecule has 0 radical (unpaired) electrons. The summed E-state index contributed by atoms with van der Waals surface area (Å²) in [6, 6.07) is 11.1. The van der Waals surface area contributed by atoms with Crippen molar-refractivity contribution in [2.24, 2.45) is 0 Å². The largest absolute Gasteiger partial charge is 0.493 e. The van der Waals surface area contributed by atoms with Crippen molar-refractivity contribution in [1.29, 1.82) is 0 Å². The van der Waals surface area contributed by atoms with Crippen molar-refractivity contribution in [1.82, 2.24) is 4.90 Å². The van der Waals surface area contributed by atoms with Crippen LogP contribution in [-0.4, -0.2) is 33.0 Å². The Morgan fingerprint density at radius 2 is 1.74 bits per heavy atom. The number of benzene rings is 3. The summed E-state index contributed by atoms with van der Waals surface area (Å²) in [7, 11) is 1.33. The van der Waals surface area contributed by atoms with E-state index in [0.717, 1.165) is 29.2 Å². The van der Waals surface area contributed by atoms with Crippen LogP contribution in [0.1, 0.15) is 11.1 Å². The molecular weight excluding hydrogens is 545 g/mol. The molecule has 1 saturated heterocycles. The zero-order chi connectivity index (χ0) is 27.6. The molecule has 194 valence electrons. The van der Waals surface area contributed by atoms with Crippen LogP contribution >= 0.6 is 23.4 Å². The molecule has 0 aliphatic carbocycles. The molecule has 14 heteroatoms. The second kappa shape index (κ2) is 10.9. The van der Waals surface area contributed by atoms with Gasteiger partial charge >= 0.3 is 5.69 Å². The highest BCUT2D eigenvalue weighted by molar-refractivity contribution is 8.18. The van der Waals surface area contributed by atoms with Crippen molar-refractivity contribution in [2.45, 2.75) is 6.54 Å². The van der Waals surface area contributed by atoms with Crippen LogP contribution in [0.4, 0.5) is 20.6 Å². The number of ether oxygens (including phenoxy) is 2. The van der Waals surface area contributed by atoms with Gasteiger partial charge in [0.25, 0.3) is 16.8 Å². The normalized spacial score (nSPS) is 14.2. The topological polar surface area (TPSA) is 142 Å². The third-order valence-electron chi connectivity index (χ3n) is 5.27. The quantitative estimate of drug-likeness (QED) is 0.175. The van der Waals surface area contributed by atoms with Crippen molar-refractivity contribution in [2.75, 3.05) is 7.11 Å². The van der Waals surface area contributed by atoms with Crippen LogP contribution in [0.5, 0.6) is 17.2 Å². The minimum Gasteiger partial charge on any atom is -0.493 e. The van der Waals surface area contributed by atoms with Gasteiger partial charge in [-0.05, 0) is 59.3 Å². The van der Waals surface area contributed by atoms with E-state index in [1.165, 1.54) is 43.5 Å². The number of hydrogen-bond acceptors (Lipinski definition) is 9. The van der Waals surface area contributed by atoms with Gasteiger partial charge in [0.05, 0.1) is 34.5 Å². The van der Waals surface area contributed by atoms with Gasteiger partial charge in [0.2, 0.25) is 5.75 Å². The fourth-order valence-electron chi connectivity index (χ4n) is 3.43. The molecule has 0 aromatic heterocycles. The first-order valence-corrected chi connectivity index (χ1v) is 11.7. The van der Waals surface area contributed by atoms with Gasteiger partial charge < -0.3 is 9.47 Å². The third kappa shape index (κ3) is 5.58. The van der Waals surface area contributed by atoms with Gasteiger partial charge in [-0.1, -0.05) is 23.7 Å². The van der Waals surface area contributed by atoms with Crippen LogP contribution in [-0.2, 0) is 11.3 Å². The number of halogens is 2. The molecule has 38 heavy (non-hydrogen) atoms. The first kappa shape index (κ1) is 26.6. The zero-order valence-corrected chi connectivity index (χ0v) is 20.8. The summed E-state index contributed by atoms with van der Waals surface area (Å²) in [4.78, 5) is 47.2. The highest BCUT2D eigenvalue weighted by Gasteiger charge is 2.35. The monoisotopic (exact) mass is 559 g/mol. The van der Waals surface area contributed by atoms with Gasteiger partial charge in [-0.15, -0.1) is 0 Å². The van der Waals surface area contributed by atoms with Crippen molar-refractivity contribution in [3.05, 3.63) is 102 Å². The molecule has 0 spiro atoms. The molecular formula is C24H15ClFN3O8S. The van der Waals surface area contributed by atoms with E-state index in [0.29, 0.717) is 22.9 Å². The number of non-ortho nitro benzene ring substituents is 1. The lowest BCUT2D eigenvalue weighted by atomic mass is 10.1. The number of carbonyl (C=O) groups excluding carboxylic acids is 2. The summed E-state index contributed by atoms with van der Waals surface area (Å²) in [6.45, 7) is -0.134. The summed E-state index contributed by atoms with van der Waals surface area (Å²) in [5.41, 5.74) is -0.222. The Kier molecular flexibility index (Phi) is 7.60. The maximum Gasteiger partial charge on any atom is 0.318 e. The van der Waals surface area contributed by atoms with Gasteiger partial charge in [-0.3, -0.25) is 34.7 Å². The van der Waals surface area contributed by atoms with Crippen molar-refractivity contribution in [3.8, 4) is 17.2 Å². The Labute approximate surface area is 222 Å². The van der Waals surface area contributed by atoms with Crippen LogP contribution in [0.25, 0.3) is 6.08 Å². The van der Waals surface area contributed by atoms with Crippen LogP contribution < -0.4 is 9.47 Å². The molecule has 0 bridgehead atoms. The van der Waals surface area contributed by atoms with Crippen LogP contribution in [0.3, 0.4) is 0 Å². The van der Waals surface area contributed by atoms with Crippen LogP contribution in [0.2, 0.25) is 5.02 Å². The number of nitro groups is 2. The molecule has 0 unspecified atom stereocenters. The van der Waals surface area contributed by atoms with Gasteiger partial charge in [-0.2, -0.15) is 0 Å². The lowest BCUT2D eigenvalue weighted by Gasteiger charge is -2.13. The number of thioether (sulfide) groups is 1. The van der Waals surface area contributed by atoms with Gasteiger partial charge in [0, 0.05) is 11.1 Å². The molecule has 0 saturated carbocycles. The molecule has 1 aliphatic rings. The number of nitrogens with zero attached hydrogens (tertiary/aromatic N) is 3. The Hall–Kier alpha value is -4.49. The summed E-state index contributed by atoms with van der Waals surface area (Å²) < 4.78 is 24.2. The standard InChI is InChI=1S/C24H15ClFN3O8S/c1-36-21-8-13(2-6-20(21)37-19-7-5-16(28(32)33)11-18(19)29(34)35)9-22-23(30)27(24(31)38-22)12-14-3-4-15(26)10-17(14)25/h2-11H,12H2,1H3/b22-9+. The minimum absolute atomic E-state index is 0.0701. The summed E-state index contributed by atoms with van der Waals surface area (Å²) >= 11 is 6.73. The zero-order valence-electron chi connectivity index (χ0n) is 19.3. The molecule has 0 N–H and O–H groups in total. The Balaban J connectivity index is 1.57. The highest BCUT2D eigenvalue weighted by Crippen LogP contribution is 2.40. The van der Waals surface area contributed by atoms with Gasteiger partial charge in [0.15, 0.2) is 11.5 Å². The predicted molar refractivity (Wildman–Crippen MR) is 136 cm³/mol. The molecule has 11 nitrogen and oxygen atoms in total. The maximum absolute atomic E-state index is 13.3. The third-order valence-corrected chi connectivity index (χ3v) is 6.53. The summed E-state index contributed by atoms with van der Waals surface area (Å²) in [5, 5.41) is 21.9. The minimum atomic E-state index is -0.807. The van der Waals surface area contributed by atoms with E-state index in [4.69, 9.17) is 21.1 Å². The fourth-order valence-corrected chi connectivity index (χ4v) is 4.50. The molecule has 1 aliphatic heterocycles. The maximum atomic E-state index is 13.3. The lowest BCUT2D eigenvalue weighted by molar-refractivity contribution is -0.394. The van der Waals surface area contributed by atoms with Crippen LogP contribution in [0.15, 0.2) is 59.5 Å². The van der Waals surface area contributed by atoms with Crippen molar-refractivity contribution >= 4 is 52.0 Å². The number of carbonyl (C=O) groups is 2. The molecule has 1 heterocycles. The summed E-state index contributed by atoms with van der Waals surface area (Å²) in [6.07, 6.45) is 1.46. The Morgan fingerprint density at radius 3 is 2.39 bits per heavy atom. The van der Waals surface area contributed by atoms with E-state index in [2.05, 4.69) is 0 Å². The number of hydrogen-bond donors (Lipinski definition) is 0. The number of methoxy groups -OCH3 is 1. The molecule has 1 fully saturated rings. The van der Waals surface area contributed by atoms with Crippen molar-refractivity contribution in [3.63, 3.8) is 0 Å². The Bertz CT molecular complexity index is 1530. The molecule has 3 aromatic rings.